The number of nitrogen functional groups attached to an aromatic ring is 1. The highest BCUT2D eigenvalue weighted by molar-refractivity contribution is 6.28. The quantitative estimate of drug-likeness (QED) is 0.676. The van der Waals surface area contributed by atoms with Gasteiger partial charge < -0.3 is 20.5 Å². The molecule has 1 unspecified atom stereocenters. The minimum Gasteiger partial charge on any atom is -0.396 e. The minimum atomic E-state index is -0.500. The Hall–Kier alpha value is -1.44. The van der Waals surface area contributed by atoms with E-state index in [2.05, 4.69) is 15.0 Å². The second kappa shape index (κ2) is 3.78. The van der Waals surface area contributed by atoms with Gasteiger partial charge in [-0.2, -0.15) is 9.97 Å². The van der Waals surface area contributed by atoms with Gasteiger partial charge >= 0.3 is 0 Å². The molecule has 1 saturated carbocycles. The lowest BCUT2D eigenvalue weighted by Crippen LogP contribution is -2.16. The summed E-state index contributed by atoms with van der Waals surface area (Å²) in [5.41, 5.74) is 6.22. The van der Waals surface area contributed by atoms with Crippen LogP contribution in [0.25, 0.3) is 11.2 Å². The minimum absolute atomic E-state index is 0.0390. The predicted octanol–water partition coefficient (Wildman–Crippen LogP) is -0.0223. The molecule has 0 aliphatic heterocycles. The normalized spacial score (nSPS) is 21.4. The molecule has 2 heterocycles. The molecule has 0 bridgehead atoms. The lowest BCUT2D eigenvalue weighted by molar-refractivity contribution is 0.123. The molecule has 0 aromatic carbocycles. The highest BCUT2D eigenvalue weighted by Crippen LogP contribution is 2.56. The molecule has 0 radical (unpaired) electrons. The largest absolute Gasteiger partial charge is 0.396 e. The van der Waals surface area contributed by atoms with E-state index in [1.807, 2.05) is 0 Å². The standard InChI is InChI=1S/C10H12ClN5O2/c11-9-14-7(12)6-8(15-9)16(4-13-6)5-1-10(5,2-17)3-18/h4-5,17-18H,1-3H2,(H2,12,14,15). The van der Waals surface area contributed by atoms with Crippen LogP contribution in [0.5, 0.6) is 0 Å². The third-order valence-corrected chi connectivity index (χ3v) is 3.70. The van der Waals surface area contributed by atoms with Crippen molar-refractivity contribution >= 4 is 28.6 Å². The third kappa shape index (κ3) is 1.48. The van der Waals surface area contributed by atoms with Gasteiger partial charge in [0.15, 0.2) is 11.5 Å². The zero-order chi connectivity index (χ0) is 12.9. The van der Waals surface area contributed by atoms with Crippen molar-refractivity contribution in [2.45, 2.75) is 12.5 Å². The molecular formula is C10H12ClN5O2. The van der Waals surface area contributed by atoms with Crippen molar-refractivity contribution < 1.29 is 10.2 Å². The summed E-state index contributed by atoms with van der Waals surface area (Å²) in [6.07, 6.45) is 2.26. The number of anilines is 1. The van der Waals surface area contributed by atoms with Gasteiger partial charge in [-0.05, 0) is 18.0 Å². The van der Waals surface area contributed by atoms with Crippen LogP contribution in [0.3, 0.4) is 0 Å². The SMILES string of the molecule is Nc1nc(Cl)nc2c1ncn2C1CC1(CO)CO. The van der Waals surface area contributed by atoms with Gasteiger partial charge in [-0.15, -0.1) is 0 Å². The number of hydrogen-bond acceptors (Lipinski definition) is 6. The fourth-order valence-electron chi connectivity index (χ4n) is 2.25. The first-order valence-electron chi connectivity index (χ1n) is 5.48. The highest BCUT2D eigenvalue weighted by atomic mass is 35.5. The summed E-state index contributed by atoms with van der Waals surface area (Å²) in [5.74, 6) is 0.225. The molecule has 8 heteroatoms. The summed E-state index contributed by atoms with van der Waals surface area (Å²) >= 11 is 5.77. The van der Waals surface area contributed by atoms with Crippen LogP contribution in [0.2, 0.25) is 5.28 Å². The van der Waals surface area contributed by atoms with Crippen LogP contribution < -0.4 is 5.73 Å². The molecule has 1 aliphatic rings. The van der Waals surface area contributed by atoms with E-state index >= 15 is 0 Å². The van der Waals surface area contributed by atoms with Crippen molar-refractivity contribution in [2.75, 3.05) is 18.9 Å². The molecule has 3 rings (SSSR count). The number of nitrogens with two attached hydrogens (primary N) is 1. The summed E-state index contributed by atoms with van der Waals surface area (Å²) in [6.45, 7) is -0.162. The number of fused-ring (bicyclic) bond motifs is 1. The van der Waals surface area contributed by atoms with E-state index in [1.165, 1.54) is 0 Å². The second-order valence-electron chi connectivity index (χ2n) is 4.60. The van der Waals surface area contributed by atoms with Crippen LogP contribution in [-0.4, -0.2) is 42.9 Å². The Balaban J connectivity index is 2.10. The van der Waals surface area contributed by atoms with E-state index in [-0.39, 0.29) is 30.4 Å². The Morgan fingerprint density at radius 3 is 2.78 bits per heavy atom. The molecule has 1 aliphatic carbocycles. The van der Waals surface area contributed by atoms with E-state index in [9.17, 15) is 10.2 Å². The Bertz CT molecular complexity index is 610. The lowest BCUT2D eigenvalue weighted by atomic mass is 10.1. The molecule has 1 fully saturated rings. The van der Waals surface area contributed by atoms with Gasteiger partial charge in [0, 0.05) is 11.5 Å². The third-order valence-electron chi connectivity index (χ3n) is 3.53. The van der Waals surface area contributed by atoms with E-state index in [0.717, 1.165) is 0 Å². The van der Waals surface area contributed by atoms with Gasteiger partial charge in [0.1, 0.15) is 5.52 Å². The first-order chi connectivity index (χ1) is 8.61. The van der Waals surface area contributed by atoms with Crippen molar-refractivity contribution in [2.24, 2.45) is 5.41 Å². The number of halogens is 1. The summed E-state index contributed by atoms with van der Waals surface area (Å²) in [5, 5.41) is 18.7. The zero-order valence-electron chi connectivity index (χ0n) is 9.41. The fourth-order valence-corrected chi connectivity index (χ4v) is 2.42. The molecule has 2 aromatic heterocycles. The number of aliphatic hydroxyl groups excluding tert-OH is 2. The topological polar surface area (TPSA) is 110 Å². The maximum atomic E-state index is 9.33. The van der Waals surface area contributed by atoms with Gasteiger partial charge in [-0.25, -0.2) is 4.98 Å². The monoisotopic (exact) mass is 269 g/mol. The molecule has 96 valence electrons. The van der Waals surface area contributed by atoms with Crippen molar-refractivity contribution in [3.8, 4) is 0 Å². The van der Waals surface area contributed by atoms with Crippen molar-refractivity contribution in [3.63, 3.8) is 0 Å². The number of aliphatic hydroxyl groups is 2. The Labute approximate surface area is 107 Å². The van der Waals surface area contributed by atoms with Crippen molar-refractivity contribution in [1.82, 2.24) is 19.5 Å². The Morgan fingerprint density at radius 1 is 1.44 bits per heavy atom. The number of imidazole rings is 1. The summed E-state index contributed by atoms with van der Waals surface area (Å²) in [4.78, 5) is 12.1. The first kappa shape index (κ1) is 11.6. The smallest absolute Gasteiger partial charge is 0.226 e. The number of hydrogen-bond donors (Lipinski definition) is 3. The molecular weight excluding hydrogens is 258 g/mol. The van der Waals surface area contributed by atoms with Gasteiger partial charge in [-0.1, -0.05) is 0 Å². The van der Waals surface area contributed by atoms with Crippen LogP contribution >= 0.6 is 11.6 Å². The first-order valence-corrected chi connectivity index (χ1v) is 5.86. The summed E-state index contributed by atoms with van der Waals surface area (Å²) in [6, 6.07) is -0.0390. The maximum absolute atomic E-state index is 9.33. The highest BCUT2D eigenvalue weighted by Gasteiger charge is 2.55. The summed E-state index contributed by atoms with van der Waals surface area (Å²) < 4.78 is 1.78. The number of aromatic nitrogens is 4. The molecule has 18 heavy (non-hydrogen) atoms. The van der Waals surface area contributed by atoms with Gasteiger partial charge in [0.05, 0.1) is 19.5 Å². The molecule has 0 saturated heterocycles. The van der Waals surface area contributed by atoms with Crippen LogP contribution in [0.1, 0.15) is 12.5 Å². The Kier molecular flexibility index (Phi) is 2.44. The van der Waals surface area contributed by atoms with E-state index in [1.54, 1.807) is 10.9 Å². The lowest BCUT2D eigenvalue weighted by Gasteiger charge is -2.11. The molecule has 4 N–H and O–H groups in total. The van der Waals surface area contributed by atoms with Gasteiger partial charge in [0.25, 0.3) is 0 Å². The summed E-state index contributed by atoms with van der Waals surface area (Å²) in [7, 11) is 0. The van der Waals surface area contributed by atoms with E-state index in [4.69, 9.17) is 17.3 Å². The second-order valence-corrected chi connectivity index (χ2v) is 4.94. The van der Waals surface area contributed by atoms with Crippen LogP contribution in [-0.2, 0) is 0 Å². The van der Waals surface area contributed by atoms with Crippen molar-refractivity contribution in [3.05, 3.63) is 11.6 Å². The molecule has 2 aromatic rings. The van der Waals surface area contributed by atoms with Gasteiger partial charge in [0.2, 0.25) is 5.28 Å². The molecule has 1 atom stereocenters. The average Bonchev–Trinajstić information content (AvgIpc) is 2.93. The average molecular weight is 270 g/mol. The van der Waals surface area contributed by atoms with Crippen LogP contribution in [0.15, 0.2) is 6.33 Å². The Morgan fingerprint density at radius 2 is 2.17 bits per heavy atom. The number of nitrogens with zero attached hydrogens (tertiary/aromatic N) is 4. The van der Waals surface area contributed by atoms with Crippen LogP contribution in [0, 0.1) is 5.41 Å². The fraction of sp³-hybridized carbons (Fsp3) is 0.500. The number of rotatable bonds is 3. The zero-order valence-corrected chi connectivity index (χ0v) is 10.2. The van der Waals surface area contributed by atoms with Crippen LogP contribution in [0.4, 0.5) is 5.82 Å². The molecule has 7 nitrogen and oxygen atoms in total. The molecule has 0 amide bonds. The van der Waals surface area contributed by atoms with Gasteiger partial charge in [-0.3, -0.25) is 0 Å². The van der Waals surface area contributed by atoms with E-state index in [0.29, 0.717) is 17.6 Å². The van der Waals surface area contributed by atoms with Crippen molar-refractivity contribution in [1.29, 1.82) is 0 Å². The predicted molar refractivity (Wildman–Crippen MR) is 65.0 cm³/mol. The van der Waals surface area contributed by atoms with E-state index < -0.39 is 5.41 Å². The maximum Gasteiger partial charge on any atom is 0.226 e. The molecule has 0 spiro atoms.